The molecular weight excluding hydrogens is 631 g/mol. The normalized spacial score (nSPS) is 11.5. The van der Waals surface area contributed by atoms with Gasteiger partial charge in [-0.2, -0.15) is 0 Å². The summed E-state index contributed by atoms with van der Waals surface area (Å²) in [5.74, 6) is 0. The number of benzene rings is 9. The molecule has 0 aliphatic carbocycles. The molecule has 0 fully saturated rings. The summed E-state index contributed by atoms with van der Waals surface area (Å²) >= 11 is 0. The molecule has 1 heterocycles. The second-order valence-corrected chi connectivity index (χ2v) is 13.4. The highest BCUT2D eigenvalue weighted by atomic mass is 16.3. The fourth-order valence-electron chi connectivity index (χ4n) is 7.57. The zero-order valence-electron chi connectivity index (χ0n) is 28.4. The number of hydrogen-bond donors (Lipinski definition) is 0. The average Bonchev–Trinajstić information content (AvgIpc) is 3.60. The van der Waals surface area contributed by atoms with Crippen molar-refractivity contribution in [3.63, 3.8) is 0 Å². The van der Waals surface area contributed by atoms with Crippen LogP contribution in [0.2, 0.25) is 0 Å². The van der Waals surface area contributed by atoms with E-state index in [1.54, 1.807) is 0 Å². The van der Waals surface area contributed by atoms with Gasteiger partial charge in [0.05, 0.1) is 11.1 Å². The highest BCUT2D eigenvalue weighted by Gasteiger charge is 2.20. The Bertz CT molecular complexity index is 2890. The maximum atomic E-state index is 6.49. The minimum atomic E-state index is 0.867. The fourth-order valence-corrected chi connectivity index (χ4v) is 7.57. The molecule has 0 saturated heterocycles. The van der Waals surface area contributed by atoms with Gasteiger partial charge in [-0.3, -0.25) is 0 Å². The van der Waals surface area contributed by atoms with E-state index < -0.39 is 0 Å². The van der Waals surface area contributed by atoms with Crippen LogP contribution in [0.25, 0.3) is 76.9 Å². The summed E-state index contributed by atoms with van der Waals surface area (Å²) in [5, 5.41) is 7.12. The molecule has 0 aliphatic heterocycles. The van der Waals surface area contributed by atoms with Gasteiger partial charge in [0.15, 0.2) is 0 Å². The Hall–Kier alpha value is -6.90. The summed E-state index contributed by atoms with van der Waals surface area (Å²) in [6.45, 7) is 0. The van der Waals surface area contributed by atoms with E-state index in [0.717, 1.165) is 39.0 Å². The van der Waals surface area contributed by atoms with Crippen molar-refractivity contribution in [2.24, 2.45) is 0 Å². The third-order valence-electron chi connectivity index (χ3n) is 10.2. The standard InChI is InChI=1S/C50H33NO/c1-2-9-34(10-3-1)43-26-30-48-46(33-43)50-47(15-8-16-49(50)52-48)51(45-29-25-36-12-5-7-14-41(36)32-45)44-27-23-38(24-28-44)37-17-19-39(20-18-37)42-22-21-35-11-4-6-13-40(35)31-42/h1-33H. The molecule has 10 rings (SSSR count). The van der Waals surface area contributed by atoms with Crippen LogP contribution in [0.15, 0.2) is 205 Å². The summed E-state index contributed by atoms with van der Waals surface area (Å²) in [4.78, 5) is 2.37. The SMILES string of the molecule is c1ccc(-c2ccc3oc4cccc(N(c5ccc(-c6ccc(-c7ccc8ccccc8c7)cc6)cc5)c5ccc6ccccc6c5)c4c3c2)cc1. The number of fused-ring (bicyclic) bond motifs is 5. The van der Waals surface area contributed by atoms with Gasteiger partial charge < -0.3 is 9.32 Å². The molecule has 0 N–H and O–H groups in total. The number of furan rings is 1. The van der Waals surface area contributed by atoms with Crippen LogP contribution in [0.4, 0.5) is 17.1 Å². The second kappa shape index (κ2) is 12.5. The van der Waals surface area contributed by atoms with Crippen molar-refractivity contribution in [1.82, 2.24) is 0 Å². The monoisotopic (exact) mass is 663 g/mol. The van der Waals surface area contributed by atoms with Crippen molar-refractivity contribution in [2.75, 3.05) is 4.90 Å². The Labute approximate surface area is 302 Å². The molecule has 9 aromatic carbocycles. The van der Waals surface area contributed by atoms with Crippen LogP contribution in [0.3, 0.4) is 0 Å². The molecule has 2 heteroatoms. The molecule has 0 saturated carbocycles. The lowest BCUT2D eigenvalue weighted by atomic mass is 9.98. The highest BCUT2D eigenvalue weighted by molar-refractivity contribution is 6.14. The Morgan fingerprint density at radius 2 is 0.827 bits per heavy atom. The van der Waals surface area contributed by atoms with Crippen molar-refractivity contribution < 1.29 is 4.42 Å². The Kier molecular flexibility index (Phi) is 7.18. The van der Waals surface area contributed by atoms with Crippen LogP contribution in [0.1, 0.15) is 0 Å². The topological polar surface area (TPSA) is 16.4 Å². The molecule has 244 valence electrons. The summed E-state index contributed by atoms with van der Waals surface area (Å²) in [7, 11) is 0. The average molecular weight is 664 g/mol. The van der Waals surface area contributed by atoms with Gasteiger partial charge in [0.1, 0.15) is 11.2 Å². The first-order valence-electron chi connectivity index (χ1n) is 17.7. The van der Waals surface area contributed by atoms with E-state index in [1.807, 2.05) is 0 Å². The van der Waals surface area contributed by atoms with E-state index >= 15 is 0 Å². The van der Waals surface area contributed by atoms with Crippen LogP contribution in [0, 0.1) is 0 Å². The third-order valence-corrected chi connectivity index (χ3v) is 10.2. The summed E-state index contributed by atoms with van der Waals surface area (Å²) in [5.41, 5.74) is 12.1. The largest absolute Gasteiger partial charge is 0.456 e. The minimum Gasteiger partial charge on any atom is -0.456 e. The van der Waals surface area contributed by atoms with E-state index in [-0.39, 0.29) is 0 Å². The van der Waals surface area contributed by atoms with E-state index in [0.29, 0.717) is 0 Å². The van der Waals surface area contributed by atoms with E-state index in [2.05, 4.69) is 205 Å². The number of anilines is 3. The number of nitrogens with zero attached hydrogens (tertiary/aromatic N) is 1. The minimum absolute atomic E-state index is 0.867. The molecule has 0 radical (unpaired) electrons. The van der Waals surface area contributed by atoms with Crippen molar-refractivity contribution in [1.29, 1.82) is 0 Å². The lowest BCUT2D eigenvalue weighted by molar-refractivity contribution is 0.669. The van der Waals surface area contributed by atoms with Gasteiger partial charge in [0, 0.05) is 16.8 Å². The summed E-state index contributed by atoms with van der Waals surface area (Å²) < 4.78 is 6.49. The second-order valence-electron chi connectivity index (χ2n) is 13.4. The van der Waals surface area contributed by atoms with Crippen LogP contribution < -0.4 is 4.90 Å². The van der Waals surface area contributed by atoms with Gasteiger partial charge in [-0.1, -0.05) is 146 Å². The van der Waals surface area contributed by atoms with E-state index in [9.17, 15) is 0 Å². The molecule has 0 aliphatic rings. The molecule has 0 amide bonds. The summed E-state index contributed by atoms with van der Waals surface area (Å²) in [6.07, 6.45) is 0. The van der Waals surface area contributed by atoms with Crippen molar-refractivity contribution >= 4 is 60.5 Å². The molecular formula is C50H33NO. The lowest BCUT2D eigenvalue weighted by Gasteiger charge is -2.27. The van der Waals surface area contributed by atoms with Crippen molar-refractivity contribution in [3.8, 4) is 33.4 Å². The first-order chi connectivity index (χ1) is 25.7. The van der Waals surface area contributed by atoms with Gasteiger partial charge >= 0.3 is 0 Å². The predicted molar refractivity (Wildman–Crippen MR) is 220 cm³/mol. The molecule has 0 unspecified atom stereocenters. The van der Waals surface area contributed by atoms with Gasteiger partial charge in [-0.15, -0.1) is 0 Å². The van der Waals surface area contributed by atoms with Gasteiger partial charge in [-0.05, 0) is 110 Å². The molecule has 0 spiro atoms. The first-order valence-corrected chi connectivity index (χ1v) is 17.7. The number of hydrogen-bond acceptors (Lipinski definition) is 2. The van der Waals surface area contributed by atoms with E-state index in [1.165, 1.54) is 54.9 Å². The van der Waals surface area contributed by atoms with E-state index in [4.69, 9.17) is 4.42 Å². The van der Waals surface area contributed by atoms with Gasteiger partial charge in [0.2, 0.25) is 0 Å². The van der Waals surface area contributed by atoms with Gasteiger partial charge in [-0.25, -0.2) is 0 Å². The lowest BCUT2D eigenvalue weighted by Crippen LogP contribution is -2.10. The molecule has 2 nitrogen and oxygen atoms in total. The maximum Gasteiger partial charge on any atom is 0.137 e. The zero-order chi connectivity index (χ0) is 34.4. The fraction of sp³-hybridized carbons (Fsp3) is 0. The molecule has 0 bridgehead atoms. The molecule has 0 atom stereocenters. The Morgan fingerprint density at radius 1 is 0.308 bits per heavy atom. The maximum absolute atomic E-state index is 6.49. The van der Waals surface area contributed by atoms with Crippen LogP contribution in [-0.2, 0) is 0 Å². The summed E-state index contributed by atoms with van der Waals surface area (Å²) in [6, 6.07) is 71.7. The predicted octanol–water partition coefficient (Wildman–Crippen LogP) is 14.4. The smallest absolute Gasteiger partial charge is 0.137 e. The molecule has 1 aromatic heterocycles. The first kappa shape index (κ1) is 30.0. The molecule has 52 heavy (non-hydrogen) atoms. The highest BCUT2D eigenvalue weighted by Crippen LogP contribution is 2.44. The molecule has 10 aromatic rings. The van der Waals surface area contributed by atoms with Crippen molar-refractivity contribution in [3.05, 3.63) is 200 Å². The third kappa shape index (κ3) is 5.30. The quantitative estimate of drug-likeness (QED) is 0.176. The van der Waals surface area contributed by atoms with Crippen LogP contribution >= 0.6 is 0 Å². The van der Waals surface area contributed by atoms with Crippen LogP contribution in [0.5, 0.6) is 0 Å². The number of rotatable bonds is 6. The Morgan fingerprint density at radius 3 is 1.56 bits per heavy atom. The van der Waals surface area contributed by atoms with Crippen LogP contribution in [-0.4, -0.2) is 0 Å². The van der Waals surface area contributed by atoms with Crippen molar-refractivity contribution in [2.45, 2.75) is 0 Å². The Balaban J connectivity index is 1.08. The zero-order valence-corrected chi connectivity index (χ0v) is 28.4. The van der Waals surface area contributed by atoms with Gasteiger partial charge in [0.25, 0.3) is 0 Å².